The highest BCUT2D eigenvalue weighted by Gasteiger charge is 2.21. The first-order valence-corrected chi connectivity index (χ1v) is 5.21. The van der Waals surface area contributed by atoms with Crippen LogP contribution in [-0.4, -0.2) is 35.1 Å². The van der Waals surface area contributed by atoms with Gasteiger partial charge in [0.1, 0.15) is 6.04 Å². The predicted octanol–water partition coefficient (Wildman–Crippen LogP) is 1.81. The topological polar surface area (TPSA) is 40.5 Å². The molecule has 0 spiro atoms. The Morgan fingerprint density at radius 2 is 2.07 bits per heavy atom. The number of alkyl halides is 1. The fourth-order valence-corrected chi connectivity index (χ4v) is 1.52. The molecule has 0 saturated heterocycles. The molecule has 0 radical (unpaired) electrons. The van der Waals surface area contributed by atoms with Crippen LogP contribution in [0, 0.1) is 0 Å². The molecule has 0 aromatic heterocycles. The summed E-state index contributed by atoms with van der Waals surface area (Å²) in [5.74, 6) is -0.845. The Morgan fingerprint density at radius 1 is 1.47 bits per heavy atom. The van der Waals surface area contributed by atoms with Crippen molar-refractivity contribution in [2.75, 3.05) is 13.1 Å². The molecule has 1 aromatic rings. The molecule has 0 aliphatic heterocycles. The van der Waals surface area contributed by atoms with Gasteiger partial charge in [-0.1, -0.05) is 30.3 Å². The molecule has 1 atom stereocenters. The van der Waals surface area contributed by atoms with Crippen molar-refractivity contribution in [3.63, 3.8) is 0 Å². The molecule has 0 aliphatic carbocycles. The van der Waals surface area contributed by atoms with Crippen LogP contribution in [0.15, 0.2) is 30.3 Å². The number of benzene rings is 1. The molecule has 0 bridgehead atoms. The molecule has 0 unspecified atom stereocenters. The van der Waals surface area contributed by atoms with E-state index < -0.39 is 12.0 Å². The lowest BCUT2D eigenvalue weighted by molar-refractivity contribution is -0.142. The van der Waals surface area contributed by atoms with Crippen LogP contribution in [-0.2, 0) is 11.2 Å². The highest BCUT2D eigenvalue weighted by molar-refractivity contribution is 6.17. The Hall–Kier alpha value is -1.06. The van der Waals surface area contributed by atoms with Gasteiger partial charge < -0.3 is 5.11 Å². The summed E-state index contributed by atoms with van der Waals surface area (Å²) >= 11 is 5.62. The van der Waals surface area contributed by atoms with Crippen LogP contribution in [0.25, 0.3) is 0 Å². The van der Waals surface area contributed by atoms with Gasteiger partial charge in [0, 0.05) is 0 Å². The molecular formula is C11H14ClNO2. The van der Waals surface area contributed by atoms with E-state index in [4.69, 9.17) is 16.7 Å². The Labute approximate surface area is 94.3 Å². The molecule has 0 heterocycles. The second-order valence-electron chi connectivity index (χ2n) is 3.42. The lowest BCUT2D eigenvalue weighted by atomic mass is 10.1. The van der Waals surface area contributed by atoms with Crippen molar-refractivity contribution in [2.24, 2.45) is 0 Å². The first-order valence-electron chi connectivity index (χ1n) is 4.68. The van der Waals surface area contributed by atoms with Crippen molar-refractivity contribution >= 4 is 17.6 Å². The monoisotopic (exact) mass is 227 g/mol. The van der Waals surface area contributed by atoms with Gasteiger partial charge in [-0.15, -0.1) is 11.6 Å². The van der Waals surface area contributed by atoms with Crippen LogP contribution in [0.3, 0.4) is 0 Å². The van der Waals surface area contributed by atoms with E-state index in [0.29, 0.717) is 6.42 Å². The number of hydrogen-bond donors (Lipinski definition) is 1. The molecule has 0 aliphatic rings. The average molecular weight is 228 g/mol. The van der Waals surface area contributed by atoms with Crippen molar-refractivity contribution < 1.29 is 9.90 Å². The summed E-state index contributed by atoms with van der Waals surface area (Å²) in [7, 11) is 1.70. The molecule has 0 saturated carbocycles. The quantitative estimate of drug-likeness (QED) is 0.616. The van der Waals surface area contributed by atoms with E-state index in [0.717, 1.165) is 5.56 Å². The number of carbonyl (C=O) groups is 1. The number of aliphatic carboxylic acids is 1. The van der Waals surface area contributed by atoms with E-state index in [1.807, 2.05) is 30.3 Å². The van der Waals surface area contributed by atoms with E-state index in [1.54, 1.807) is 11.9 Å². The lowest BCUT2D eigenvalue weighted by Gasteiger charge is -2.21. The fourth-order valence-electron chi connectivity index (χ4n) is 1.35. The third-order valence-electron chi connectivity index (χ3n) is 2.28. The maximum absolute atomic E-state index is 11.0. The number of likely N-dealkylation sites (N-methyl/N-ethyl adjacent to an activating group) is 1. The maximum atomic E-state index is 11.0. The summed E-state index contributed by atoms with van der Waals surface area (Å²) in [6, 6.07) is 9.18. The molecule has 1 rings (SSSR count). The second kappa shape index (κ2) is 5.73. The van der Waals surface area contributed by atoms with Crippen molar-refractivity contribution in [1.82, 2.24) is 4.90 Å². The van der Waals surface area contributed by atoms with Gasteiger partial charge in [0.2, 0.25) is 0 Å². The number of rotatable bonds is 5. The zero-order valence-corrected chi connectivity index (χ0v) is 9.31. The van der Waals surface area contributed by atoms with Gasteiger partial charge in [0.05, 0.1) is 6.00 Å². The molecule has 0 amide bonds. The number of hydrogen-bond acceptors (Lipinski definition) is 2. The third-order valence-corrected chi connectivity index (χ3v) is 2.65. The van der Waals surface area contributed by atoms with E-state index in [2.05, 4.69) is 0 Å². The summed E-state index contributed by atoms with van der Waals surface area (Å²) in [6.07, 6.45) is 0.472. The number of carboxylic acid groups (broad SMARTS) is 1. The predicted molar refractivity (Wildman–Crippen MR) is 60.1 cm³/mol. The average Bonchev–Trinajstić information content (AvgIpc) is 2.26. The van der Waals surface area contributed by atoms with E-state index in [-0.39, 0.29) is 6.00 Å². The molecule has 0 fully saturated rings. The maximum Gasteiger partial charge on any atom is 0.321 e. The first-order chi connectivity index (χ1) is 7.15. The van der Waals surface area contributed by atoms with E-state index in [9.17, 15) is 4.79 Å². The molecular weight excluding hydrogens is 214 g/mol. The van der Waals surface area contributed by atoms with Gasteiger partial charge in [0.15, 0.2) is 0 Å². The Balaban J connectivity index is 2.71. The van der Waals surface area contributed by atoms with Gasteiger partial charge in [-0.25, -0.2) is 0 Å². The zero-order valence-electron chi connectivity index (χ0n) is 8.56. The van der Waals surface area contributed by atoms with Crippen molar-refractivity contribution in [2.45, 2.75) is 12.5 Å². The van der Waals surface area contributed by atoms with Crippen LogP contribution in [0.1, 0.15) is 5.56 Å². The summed E-state index contributed by atoms with van der Waals surface area (Å²) in [5.41, 5.74) is 1.00. The van der Waals surface area contributed by atoms with Gasteiger partial charge in [0.25, 0.3) is 0 Å². The van der Waals surface area contributed by atoms with Gasteiger partial charge in [-0.3, -0.25) is 9.69 Å². The second-order valence-corrected chi connectivity index (χ2v) is 3.66. The normalized spacial score (nSPS) is 12.7. The molecule has 82 valence electrons. The minimum atomic E-state index is -0.845. The van der Waals surface area contributed by atoms with Crippen molar-refractivity contribution in [1.29, 1.82) is 0 Å². The summed E-state index contributed by atoms with van der Waals surface area (Å²) in [5, 5.41) is 9.04. The Kier molecular flexibility index (Phi) is 4.59. The van der Waals surface area contributed by atoms with Crippen LogP contribution in [0.2, 0.25) is 0 Å². The first kappa shape index (κ1) is 12.0. The molecule has 1 aromatic carbocycles. The Bertz CT molecular complexity index is 316. The van der Waals surface area contributed by atoms with E-state index >= 15 is 0 Å². The van der Waals surface area contributed by atoms with Gasteiger partial charge >= 0.3 is 5.97 Å². The summed E-state index contributed by atoms with van der Waals surface area (Å²) in [4.78, 5) is 12.6. The minimum Gasteiger partial charge on any atom is -0.480 e. The highest BCUT2D eigenvalue weighted by Crippen LogP contribution is 2.08. The Morgan fingerprint density at radius 3 is 2.53 bits per heavy atom. The molecule has 15 heavy (non-hydrogen) atoms. The highest BCUT2D eigenvalue weighted by atomic mass is 35.5. The molecule has 1 N–H and O–H groups in total. The van der Waals surface area contributed by atoms with Gasteiger partial charge in [-0.05, 0) is 19.0 Å². The van der Waals surface area contributed by atoms with Crippen molar-refractivity contribution in [3.05, 3.63) is 35.9 Å². The summed E-state index contributed by atoms with van der Waals surface area (Å²) < 4.78 is 0. The van der Waals surface area contributed by atoms with Crippen LogP contribution >= 0.6 is 11.6 Å². The van der Waals surface area contributed by atoms with Crippen molar-refractivity contribution in [3.8, 4) is 0 Å². The zero-order chi connectivity index (χ0) is 11.3. The van der Waals surface area contributed by atoms with Crippen LogP contribution in [0.4, 0.5) is 0 Å². The van der Waals surface area contributed by atoms with Gasteiger partial charge in [-0.2, -0.15) is 0 Å². The largest absolute Gasteiger partial charge is 0.480 e. The van der Waals surface area contributed by atoms with Crippen LogP contribution in [0.5, 0.6) is 0 Å². The number of nitrogens with zero attached hydrogens (tertiary/aromatic N) is 1. The van der Waals surface area contributed by atoms with E-state index in [1.165, 1.54) is 0 Å². The fraction of sp³-hybridized carbons (Fsp3) is 0.364. The lowest BCUT2D eigenvalue weighted by Crippen LogP contribution is -2.39. The minimum absolute atomic E-state index is 0.212. The number of carboxylic acids is 1. The standard InChI is InChI=1S/C11H14ClNO2/c1-13(8-12)10(11(14)15)7-9-5-3-2-4-6-9/h2-6,10H,7-8H2,1H3,(H,14,15)/t10-/m0/s1. The smallest absolute Gasteiger partial charge is 0.321 e. The summed E-state index contributed by atoms with van der Waals surface area (Å²) in [6.45, 7) is 0. The third kappa shape index (κ3) is 3.53. The number of halogens is 1. The SMILES string of the molecule is CN(CCl)[C@@H](Cc1ccccc1)C(=O)O. The van der Waals surface area contributed by atoms with Crippen LogP contribution < -0.4 is 0 Å². The molecule has 3 nitrogen and oxygen atoms in total. The molecule has 4 heteroatoms.